The van der Waals surface area contributed by atoms with Gasteiger partial charge in [-0.15, -0.1) is 0 Å². The number of carbonyl (C=O) groups excluding carboxylic acids is 3. The van der Waals surface area contributed by atoms with Crippen LogP contribution in [-0.4, -0.2) is 41.3 Å². The Labute approximate surface area is 167 Å². The van der Waals surface area contributed by atoms with Crippen molar-refractivity contribution in [2.24, 2.45) is 0 Å². The molecule has 3 rings (SSSR count). The molecule has 1 aromatic carbocycles. The Morgan fingerprint density at radius 2 is 1.97 bits per heavy atom. The fourth-order valence-electron chi connectivity index (χ4n) is 2.56. The van der Waals surface area contributed by atoms with Crippen LogP contribution in [0.1, 0.15) is 10.4 Å². The smallest absolute Gasteiger partial charge is 0.339 e. The van der Waals surface area contributed by atoms with Gasteiger partial charge in [0, 0.05) is 24.0 Å². The number of anilines is 1. The van der Waals surface area contributed by atoms with Crippen LogP contribution < -0.4 is 25.7 Å². The number of hydrogen-bond acceptors (Lipinski definition) is 9. The van der Waals surface area contributed by atoms with Gasteiger partial charge in [0.1, 0.15) is 6.54 Å². The molecule has 13 nitrogen and oxygen atoms in total. The van der Waals surface area contributed by atoms with Gasteiger partial charge in [0.05, 0.1) is 17.6 Å². The molecule has 0 spiro atoms. The number of methoxy groups -OCH3 is 1. The number of fused-ring (bicyclic) bond motifs is 1. The molecule has 0 radical (unpaired) electrons. The predicted molar refractivity (Wildman–Crippen MR) is 98.4 cm³/mol. The van der Waals surface area contributed by atoms with Crippen molar-refractivity contribution in [2.75, 3.05) is 19.2 Å². The number of pyridine rings is 1. The van der Waals surface area contributed by atoms with E-state index in [1.54, 1.807) is 6.07 Å². The number of amides is 3. The third kappa shape index (κ3) is 4.35. The van der Waals surface area contributed by atoms with Crippen LogP contribution in [0, 0.1) is 10.1 Å². The van der Waals surface area contributed by atoms with Crippen molar-refractivity contribution in [3.63, 3.8) is 0 Å². The second-order valence-electron chi connectivity index (χ2n) is 5.87. The van der Waals surface area contributed by atoms with E-state index in [4.69, 9.17) is 9.47 Å². The normalized spacial score (nSPS) is 11.5. The molecule has 0 fully saturated rings. The summed E-state index contributed by atoms with van der Waals surface area (Å²) < 4.78 is 15.4. The number of hydrogen-bond donors (Lipinski definition) is 2. The van der Waals surface area contributed by atoms with Crippen molar-refractivity contribution < 1.29 is 33.5 Å². The average molecular weight is 418 g/mol. The van der Waals surface area contributed by atoms with Crippen LogP contribution in [0.4, 0.5) is 16.2 Å². The molecule has 3 amide bonds. The van der Waals surface area contributed by atoms with Crippen LogP contribution in [0.25, 0.3) is 0 Å². The summed E-state index contributed by atoms with van der Waals surface area (Å²) in [6.45, 7) is -0.700. The minimum atomic E-state index is -1.13. The Morgan fingerprint density at radius 3 is 2.67 bits per heavy atom. The van der Waals surface area contributed by atoms with E-state index in [-0.39, 0.29) is 12.4 Å². The van der Waals surface area contributed by atoms with Gasteiger partial charge < -0.3 is 19.5 Å². The Bertz CT molecular complexity index is 1110. The number of imide groups is 1. The molecule has 0 unspecified atom stereocenters. The lowest BCUT2D eigenvalue weighted by atomic mass is 10.2. The highest BCUT2D eigenvalue weighted by Gasteiger charge is 2.22. The molecule has 156 valence electrons. The Morgan fingerprint density at radius 1 is 1.23 bits per heavy atom. The predicted octanol–water partition coefficient (Wildman–Crippen LogP) is 0.620. The van der Waals surface area contributed by atoms with Crippen LogP contribution in [0.3, 0.4) is 0 Å². The van der Waals surface area contributed by atoms with Gasteiger partial charge in [-0.25, -0.2) is 9.59 Å². The standard InChI is InChI=1S/C17H14N4O9/c1-28-16(24)9-4-11(21(26)27)15(23)20(6-9)7-14(22)19-17(25)18-10-2-3-12-13(5-10)30-8-29-12/h2-6H,7-8H2,1H3,(H2,18,19,22,25). The molecule has 0 saturated heterocycles. The van der Waals surface area contributed by atoms with Crippen molar-refractivity contribution in [3.05, 3.63) is 56.5 Å². The molecule has 1 aliphatic rings. The molecule has 0 saturated carbocycles. The summed E-state index contributed by atoms with van der Waals surface area (Å²) in [5.41, 5.74) is -2.04. The van der Waals surface area contributed by atoms with Gasteiger partial charge >= 0.3 is 23.2 Å². The molecule has 2 N–H and O–H groups in total. The number of carbonyl (C=O) groups is 3. The second-order valence-corrected chi connectivity index (χ2v) is 5.87. The molecule has 0 aliphatic carbocycles. The first-order valence-electron chi connectivity index (χ1n) is 8.26. The average Bonchev–Trinajstić information content (AvgIpc) is 3.16. The van der Waals surface area contributed by atoms with Crippen LogP contribution in [0.2, 0.25) is 0 Å². The molecule has 2 heterocycles. The van der Waals surface area contributed by atoms with Crippen molar-refractivity contribution in [2.45, 2.75) is 6.54 Å². The maximum absolute atomic E-state index is 12.2. The zero-order chi connectivity index (χ0) is 21.8. The zero-order valence-electron chi connectivity index (χ0n) is 15.4. The zero-order valence-corrected chi connectivity index (χ0v) is 15.4. The Kier molecular flexibility index (Phi) is 5.62. The lowest BCUT2D eigenvalue weighted by Crippen LogP contribution is -2.38. The summed E-state index contributed by atoms with van der Waals surface area (Å²) >= 11 is 0. The molecule has 0 atom stereocenters. The van der Waals surface area contributed by atoms with Crippen LogP contribution in [-0.2, 0) is 16.1 Å². The second kappa shape index (κ2) is 8.30. The third-order valence-electron chi connectivity index (χ3n) is 3.88. The van der Waals surface area contributed by atoms with E-state index in [1.807, 2.05) is 5.32 Å². The topological polar surface area (TPSA) is 168 Å². The van der Waals surface area contributed by atoms with Gasteiger partial charge in [-0.2, -0.15) is 0 Å². The fraction of sp³-hybridized carbons (Fsp3) is 0.176. The lowest BCUT2D eigenvalue weighted by Gasteiger charge is -2.09. The summed E-state index contributed by atoms with van der Waals surface area (Å²) in [7, 11) is 1.05. The van der Waals surface area contributed by atoms with Crippen LogP contribution in [0.5, 0.6) is 11.5 Å². The first kappa shape index (κ1) is 20.3. The number of esters is 1. The lowest BCUT2D eigenvalue weighted by molar-refractivity contribution is -0.386. The van der Waals surface area contributed by atoms with E-state index >= 15 is 0 Å². The van der Waals surface area contributed by atoms with Crippen molar-refractivity contribution in [3.8, 4) is 11.5 Å². The number of urea groups is 1. The molecule has 2 aromatic rings. The summed E-state index contributed by atoms with van der Waals surface area (Å²) in [6.07, 6.45) is 0.927. The number of nitrogens with zero attached hydrogens (tertiary/aromatic N) is 2. The van der Waals surface area contributed by atoms with E-state index < -0.39 is 40.6 Å². The highest BCUT2D eigenvalue weighted by Crippen LogP contribution is 2.34. The quantitative estimate of drug-likeness (QED) is 0.402. The van der Waals surface area contributed by atoms with Gasteiger partial charge in [0.25, 0.3) is 0 Å². The number of ether oxygens (including phenoxy) is 3. The molecule has 0 bridgehead atoms. The van der Waals surface area contributed by atoms with Crippen LogP contribution >= 0.6 is 0 Å². The molecular formula is C17H14N4O9. The Balaban J connectivity index is 1.71. The number of aromatic nitrogens is 1. The van der Waals surface area contributed by atoms with E-state index in [0.29, 0.717) is 21.8 Å². The summed E-state index contributed by atoms with van der Waals surface area (Å²) in [5, 5.41) is 15.4. The van der Waals surface area contributed by atoms with Gasteiger partial charge in [0.15, 0.2) is 11.5 Å². The van der Waals surface area contributed by atoms with Crippen molar-refractivity contribution in [1.29, 1.82) is 0 Å². The van der Waals surface area contributed by atoms with Gasteiger partial charge in [0.2, 0.25) is 12.7 Å². The SMILES string of the molecule is COC(=O)c1cc([N+](=O)[O-])c(=O)n(CC(=O)NC(=O)Nc2ccc3c(c2)OCO3)c1. The number of nitrogens with one attached hydrogen (secondary N) is 2. The van der Waals surface area contributed by atoms with E-state index in [9.17, 15) is 29.3 Å². The number of benzene rings is 1. The summed E-state index contributed by atoms with van der Waals surface area (Å²) in [4.78, 5) is 58.0. The summed E-state index contributed by atoms with van der Waals surface area (Å²) in [5.74, 6) is -0.972. The third-order valence-corrected chi connectivity index (χ3v) is 3.88. The highest BCUT2D eigenvalue weighted by molar-refractivity contribution is 6.01. The highest BCUT2D eigenvalue weighted by atomic mass is 16.7. The molecule has 1 aromatic heterocycles. The minimum Gasteiger partial charge on any atom is -0.465 e. The number of rotatable bonds is 5. The number of nitro groups is 1. The molecule has 30 heavy (non-hydrogen) atoms. The molecule has 1 aliphatic heterocycles. The van der Waals surface area contributed by atoms with Gasteiger partial charge in [-0.3, -0.25) is 29.6 Å². The first-order chi connectivity index (χ1) is 14.3. The fourth-order valence-corrected chi connectivity index (χ4v) is 2.56. The largest absolute Gasteiger partial charge is 0.465 e. The van der Waals surface area contributed by atoms with Gasteiger partial charge in [-0.1, -0.05) is 0 Å². The maximum atomic E-state index is 12.2. The van der Waals surface area contributed by atoms with Crippen LogP contribution in [0.15, 0.2) is 35.3 Å². The van der Waals surface area contributed by atoms with E-state index in [0.717, 1.165) is 19.4 Å². The van der Waals surface area contributed by atoms with E-state index in [2.05, 4.69) is 10.1 Å². The maximum Gasteiger partial charge on any atom is 0.339 e. The molecule has 13 heteroatoms. The van der Waals surface area contributed by atoms with E-state index in [1.165, 1.54) is 12.1 Å². The van der Waals surface area contributed by atoms with Crippen molar-refractivity contribution in [1.82, 2.24) is 9.88 Å². The monoisotopic (exact) mass is 418 g/mol. The minimum absolute atomic E-state index is 0.0506. The first-order valence-corrected chi connectivity index (χ1v) is 8.26. The summed E-state index contributed by atoms with van der Waals surface area (Å²) in [6, 6.07) is 4.40. The van der Waals surface area contributed by atoms with Crippen molar-refractivity contribution >= 4 is 29.3 Å². The Hall–Kier alpha value is -4.42. The molecular weight excluding hydrogens is 404 g/mol. The van der Waals surface area contributed by atoms with Gasteiger partial charge in [-0.05, 0) is 12.1 Å².